The van der Waals surface area contributed by atoms with Crippen LogP contribution in [0.25, 0.3) is 10.8 Å². The standard InChI is InChI=1S/C17H21N3O2S/c21-17(12-5-1-2-6-12)20-9-3-7-13(11-20)15-18-19-16(22-15)14-8-4-10-23-14/h4,8,10,12-13H,1-3,5-7,9,11H2. The fourth-order valence-corrected chi connectivity index (χ4v) is 4.35. The minimum absolute atomic E-state index is 0.176. The zero-order valence-electron chi connectivity index (χ0n) is 13.1. The van der Waals surface area contributed by atoms with Crippen molar-refractivity contribution in [2.75, 3.05) is 13.1 Å². The average Bonchev–Trinajstić information content (AvgIpc) is 3.36. The first-order valence-electron chi connectivity index (χ1n) is 8.47. The Morgan fingerprint density at radius 1 is 1.22 bits per heavy atom. The first-order chi connectivity index (χ1) is 11.3. The van der Waals surface area contributed by atoms with Crippen molar-refractivity contribution in [3.05, 3.63) is 23.4 Å². The quantitative estimate of drug-likeness (QED) is 0.860. The van der Waals surface area contributed by atoms with Crippen LogP contribution in [0.1, 0.15) is 50.3 Å². The molecule has 0 bridgehead atoms. The Labute approximate surface area is 139 Å². The van der Waals surface area contributed by atoms with Crippen molar-refractivity contribution in [2.24, 2.45) is 5.92 Å². The van der Waals surface area contributed by atoms with Gasteiger partial charge in [-0.2, -0.15) is 0 Å². The fraction of sp³-hybridized carbons (Fsp3) is 0.588. The Bertz CT molecular complexity index is 661. The monoisotopic (exact) mass is 331 g/mol. The summed E-state index contributed by atoms with van der Waals surface area (Å²) in [6.07, 6.45) is 6.54. The van der Waals surface area contributed by atoms with Gasteiger partial charge in [0.25, 0.3) is 5.89 Å². The molecule has 23 heavy (non-hydrogen) atoms. The molecule has 1 atom stereocenters. The van der Waals surface area contributed by atoms with E-state index in [1.165, 1.54) is 12.8 Å². The topological polar surface area (TPSA) is 59.2 Å². The molecule has 4 rings (SSSR count). The van der Waals surface area contributed by atoms with E-state index >= 15 is 0 Å². The molecule has 1 unspecified atom stereocenters. The molecule has 1 amide bonds. The van der Waals surface area contributed by atoms with Crippen LogP contribution in [0.15, 0.2) is 21.9 Å². The van der Waals surface area contributed by atoms with Crippen molar-refractivity contribution in [3.63, 3.8) is 0 Å². The van der Waals surface area contributed by atoms with Gasteiger partial charge >= 0.3 is 0 Å². The highest BCUT2D eigenvalue weighted by Crippen LogP contribution is 2.32. The van der Waals surface area contributed by atoms with Gasteiger partial charge in [-0.1, -0.05) is 18.9 Å². The molecule has 0 N–H and O–H groups in total. The number of aromatic nitrogens is 2. The number of hydrogen-bond acceptors (Lipinski definition) is 5. The van der Waals surface area contributed by atoms with Crippen molar-refractivity contribution >= 4 is 17.2 Å². The van der Waals surface area contributed by atoms with Crippen LogP contribution in [0.5, 0.6) is 0 Å². The summed E-state index contributed by atoms with van der Waals surface area (Å²) in [5.41, 5.74) is 0. The van der Waals surface area contributed by atoms with Gasteiger partial charge in [0, 0.05) is 19.0 Å². The molecule has 0 spiro atoms. The van der Waals surface area contributed by atoms with Gasteiger partial charge in [-0.15, -0.1) is 21.5 Å². The van der Waals surface area contributed by atoms with Crippen LogP contribution < -0.4 is 0 Å². The lowest BCUT2D eigenvalue weighted by atomic mass is 9.96. The molecule has 1 saturated heterocycles. The lowest BCUT2D eigenvalue weighted by Crippen LogP contribution is -2.41. The zero-order valence-corrected chi connectivity index (χ0v) is 13.9. The van der Waals surface area contributed by atoms with Gasteiger partial charge in [0.2, 0.25) is 11.8 Å². The van der Waals surface area contributed by atoms with Crippen LogP contribution in [0.4, 0.5) is 0 Å². The second kappa shape index (κ2) is 6.43. The summed E-state index contributed by atoms with van der Waals surface area (Å²) >= 11 is 1.60. The van der Waals surface area contributed by atoms with E-state index in [2.05, 4.69) is 10.2 Å². The molecule has 3 heterocycles. The van der Waals surface area contributed by atoms with E-state index in [-0.39, 0.29) is 11.8 Å². The largest absolute Gasteiger partial charge is 0.420 e. The van der Waals surface area contributed by atoms with Crippen LogP contribution in [0.3, 0.4) is 0 Å². The normalized spacial score (nSPS) is 22.6. The Morgan fingerprint density at radius 2 is 2.09 bits per heavy atom. The molecule has 122 valence electrons. The highest BCUT2D eigenvalue weighted by atomic mass is 32.1. The summed E-state index contributed by atoms with van der Waals surface area (Å²) in [5.74, 6) is 2.03. The highest BCUT2D eigenvalue weighted by molar-refractivity contribution is 7.13. The molecule has 0 aromatic carbocycles. The van der Waals surface area contributed by atoms with E-state index < -0.39 is 0 Å². The van der Waals surface area contributed by atoms with Crippen LogP contribution >= 0.6 is 11.3 Å². The third-order valence-corrected chi connectivity index (χ3v) is 5.82. The molecule has 1 saturated carbocycles. The summed E-state index contributed by atoms with van der Waals surface area (Å²) in [5, 5.41) is 10.4. The number of piperidine rings is 1. The SMILES string of the molecule is O=C(C1CCCC1)N1CCCC(c2nnc(-c3cccs3)o2)C1. The van der Waals surface area contributed by atoms with Gasteiger partial charge in [0.15, 0.2) is 0 Å². The predicted molar refractivity (Wildman–Crippen MR) is 88.1 cm³/mol. The zero-order chi connectivity index (χ0) is 15.6. The van der Waals surface area contributed by atoms with Crippen LogP contribution in [0, 0.1) is 5.92 Å². The summed E-state index contributed by atoms with van der Waals surface area (Å²) in [6, 6.07) is 3.96. The molecule has 1 aliphatic carbocycles. The van der Waals surface area contributed by atoms with Crippen LogP contribution in [-0.2, 0) is 4.79 Å². The van der Waals surface area contributed by atoms with E-state index in [0.29, 0.717) is 17.7 Å². The molecule has 6 heteroatoms. The van der Waals surface area contributed by atoms with Crippen molar-refractivity contribution in [3.8, 4) is 10.8 Å². The van der Waals surface area contributed by atoms with Gasteiger partial charge in [-0.25, -0.2) is 0 Å². The number of nitrogens with zero attached hydrogens (tertiary/aromatic N) is 3. The molecular weight excluding hydrogens is 310 g/mol. The lowest BCUT2D eigenvalue weighted by Gasteiger charge is -2.32. The predicted octanol–water partition coefficient (Wildman–Crippen LogP) is 3.69. The first kappa shape index (κ1) is 14.9. The Kier molecular flexibility index (Phi) is 4.16. The van der Waals surface area contributed by atoms with E-state index in [1.54, 1.807) is 11.3 Å². The van der Waals surface area contributed by atoms with Crippen molar-refractivity contribution < 1.29 is 9.21 Å². The number of rotatable bonds is 3. The Hall–Kier alpha value is -1.69. The van der Waals surface area contributed by atoms with Gasteiger partial charge < -0.3 is 9.32 Å². The fourth-order valence-electron chi connectivity index (χ4n) is 3.71. The first-order valence-corrected chi connectivity index (χ1v) is 9.35. The van der Waals surface area contributed by atoms with Gasteiger partial charge in [0.05, 0.1) is 10.8 Å². The lowest BCUT2D eigenvalue weighted by molar-refractivity contribution is -0.136. The number of likely N-dealkylation sites (tertiary alicyclic amines) is 1. The maximum absolute atomic E-state index is 12.6. The molecule has 2 aliphatic rings. The second-order valence-corrected chi connectivity index (χ2v) is 7.48. The Balaban J connectivity index is 1.46. The second-order valence-electron chi connectivity index (χ2n) is 6.53. The van der Waals surface area contributed by atoms with Gasteiger partial charge in [-0.05, 0) is 37.1 Å². The molecule has 1 aliphatic heterocycles. The average molecular weight is 331 g/mol. The number of amides is 1. The summed E-state index contributed by atoms with van der Waals surface area (Å²) in [7, 11) is 0. The van der Waals surface area contributed by atoms with Crippen molar-refractivity contribution in [1.82, 2.24) is 15.1 Å². The smallest absolute Gasteiger partial charge is 0.257 e. The van der Waals surface area contributed by atoms with E-state index in [1.807, 2.05) is 22.4 Å². The number of thiophene rings is 1. The molecule has 5 nitrogen and oxygen atoms in total. The molecule has 2 fully saturated rings. The van der Waals surface area contributed by atoms with Crippen LogP contribution in [-0.4, -0.2) is 34.1 Å². The molecular formula is C17H21N3O2S. The van der Waals surface area contributed by atoms with Crippen LogP contribution in [0.2, 0.25) is 0 Å². The minimum atomic E-state index is 0.176. The van der Waals surface area contributed by atoms with Gasteiger partial charge in [0.1, 0.15) is 0 Å². The molecule has 0 radical (unpaired) electrons. The maximum Gasteiger partial charge on any atom is 0.257 e. The summed E-state index contributed by atoms with van der Waals surface area (Å²) < 4.78 is 5.87. The van der Waals surface area contributed by atoms with E-state index in [4.69, 9.17) is 4.42 Å². The molecule has 2 aromatic rings. The van der Waals surface area contributed by atoms with Crippen molar-refractivity contribution in [1.29, 1.82) is 0 Å². The van der Waals surface area contributed by atoms with E-state index in [0.717, 1.165) is 43.6 Å². The maximum atomic E-state index is 12.6. The van der Waals surface area contributed by atoms with Crippen molar-refractivity contribution in [2.45, 2.75) is 44.4 Å². The Morgan fingerprint density at radius 3 is 2.87 bits per heavy atom. The highest BCUT2D eigenvalue weighted by Gasteiger charge is 2.32. The number of carbonyl (C=O) groups excluding carboxylic acids is 1. The molecule has 2 aromatic heterocycles. The third kappa shape index (κ3) is 3.04. The number of carbonyl (C=O) groups is 1. The van der Waals surface area contributed by atoms with Gasteiger partial charge in [-0.3, -0.25) is 4.79 Å². The van der Waals surface area contributed by atoms with E-state index in [9.17, 15) is 4.79 Å². The number of hydrogen-bond donors (Lipinski definition) is 0. The third-order valence-electron chi connectivity index (χ3n) is 4.96. The summed E-state index contributed by atoms with van der Waals surface area (Å²) in [4.78, 5) is 15.7. The minimum Gasteiger partial charge on any atom is -0.420 e. The summed E-state index contributed by atoms with van der Waals surface area (Å²) in [6.45, 7) is 1.60.